The van der Waals surface area contributed by atoms with Gasteiger partial charge in [0.25, 0.3) is 0 Å². The zero-order chi connectivity index (χ0) is 11.5. The van der Waals surface area contributed by atoms with Crippen LogP contribution in [0.5, 0.6) is 0 Å². The molecule has 0 spiro atoms. The molecule has 2 rings (SSSR count). The summed E-state index contributed by atoms with van der Waals surface area (Å²) in [6.07, 6.45) is 4.91. The topological polar surface area (TPSA) is 63.8 Å². The molecular formula is C11H14N4O. The van der Waals surface area contributed by atoms with Gasteiger partial charge in [-0.05, 0) is 12.0 Å². The van der Waals surface area contributed by atoms with Gasteiger partial charge in [-0.3, -0.25) is 9.97 Å². The predicted molar refractivity (Wildman–Crippen MR) is 59.6 cm³/mol. The van der Waals surface area contributed by atoms with E-state index in [-0.39, 0.29) is 6.73 Å². The van der Waals surface area contributed by atoms with Crippen LogP contribution in [0.25, 0.3) is 11.4 Å². The minimum atomic E-state index is -0.117. The third kappa shape index (κ3) is 1.94. The molecule has 0 aromatic carbocycles. The van der Waals surface area contributed by atoms with Crippen molar-refractivity contribution in [2.24, 2.45) is 0 Å². The molecule has 2 heterocycles. The standard InChI is InChI=1S/C11H14N4O/c1-8(2)11-5-9(14-15(11)7-16)10-6-12-3-4-13-10/h3-6,8,16H,7H2,1-2H3. The molecule has 16 heavy (non-hydrogen) atoms. The van der Waals surface area contributed by atoms with Crippen LogP contribution >= 0.6 is 0 Å². The Hall–Kier alpha value is -1.75. The molecule has 0 unspecified atom stereocenters. The molecule has 0 atom stereocenters. The normalized spacial score (nSPS) is 11.0. The molecule has 1 N–H and O–H groups in total. The Balaban J connectivity index is 2.44. The molecule has 0 bridgehead atoms. The summed E-state index contributed by atoms with van der Waals surface area (Å²) in [5, 5.41) is 13.5. The maximum atomic E-state index is 9.19. The van der Waals surface area contributed by atoms with Crippen molar-refractivity contribution in [3.63, 3.8) is 0 Å². The Kier molecular flexibility index (Phi) is 2.96. The summed E-state index contributed by atoms with van der Waals surface area (Å²) < 4.78 is 1.58. The fourth-order valence-electron chi connectivity index (χ4n) is 1.57. The molecule has 0 radical (unpaired) electrons. The van der Waals surface area contributed by atoms with Crippen LogP contribution in [0.3, 0.4) is 0 Å². The lowest BCUT2D eigenvalue weighted by molar-refractivity contribution is 0.190. The first-order valence-corrected chi connectivity index (χ1v) is 5.17. The van der Waals surface area contributed by atoms with Gasteiger partial charge in [0.2, 0.25) is 0 Å². The lowest BCUT2D eigenvalue weighted by Gasteiger charge is -2.05. The van der Waals surface area contributed by atoms with E-state index in [0.717, 1.165) is 17.1 Å². The zero-order valence-corrected chi connectivity index (χ0v) is 9.33. The van der Waals surface area contributed by atoms with Gasteiger partial charge in [-0.25, -0.2) is 4.68 Å². The average Bonchev–Trinajstić information content (AvgIpc) is 2.74. The van der Waals surface area contributed by atoms with Crippen LogP contribution in [0.4, 0.5) is 0 Å². The van der Waals surface area contributed by atoms with E-state index in [9.17, 15) is 5.11 Å². The molecule has 2 aromatic heterocycles. The average molecular weight is 218 g/mol. The van der Waals surface area contributed by atoms with E-state index in [1.807, 2.05) is 6.07 Å². The molecule has 0 aliphatic heterocycles. The summed E-state index contributed by atoms with van der Waals surface area (Å²) in [6.45, 7) is 4.00. The maximum Gasteiger partial charge on any atom is 0.136 e. The van der Waals surface area contributed by atoms with Crippen LogP contribution in [0, 0.1) is 0 Å². The Bertz CT molecular complexity index is 464. The summed E-state index contributed by atoms with van der Waals surface area (Å²) in [5.41, 5.74) is 2.45. The maximum absolute atomic E-state index is 9.19. The van der Waals surface area contributed by atoms with Crippen LogP contribution in [0.15, 0.2) is 24.7 Å². The third-order valence-electron chi connectivity index (χ3n) is 2.36. The summed E-state index contributed by atoms with van der Waals surface area (Å²) in [5.74, 6) is 0.310. The van der Waals surface area contributed by atoms with Gasteiger partial charge < -0.3 is 5.11 Å². The van der Waals surface area contributed by atoms with Crippen molar-refractivity contribution >= 4 is 0 Å². The number of nitrogens with zero attached hydrogens (tertiary/aromatic N) is 4. The van der Waals surface area contributed by atoms with Crippen molar-refractivity contribution in [1.82, 2.24) is 19.7 Å². The number of rotatable bonds is 3. The summed E-state index contributed by atoms with van der Waals surface area (Å²) in [4.78, 5) is 8.17. The lowest BCUT2D eigenvalue weighted by atomic mass is 10.1. The highest BCUT2D eigenvalue weighted by Crippen LogP contribution is 2.21. The van der Waals surface area contributed by atoms with E-state index in [1.165, 1.54) is 0 Å². The summed E-state index contributed by atoms with van der Waals surface area (Å²) in [6, 6.07) is 1.94. The number of aliphatic hydroxyl groups excluding tert-OH is 1. The Morgan fingerprint density at radius 1 is 1.31 bits per heavy atom. The highest BCUT2D eigenvalue weighted by molar-refractivity contribution is 5.53. The van der Waals surface area contributed by atoms with Gasteiger partial charge in [0.15, 0.2) is 0 Å². The molecule has 5 nitrogen and oxygen atoms in total. The number of aliphatic hydroxyl groups is 1. The van der Waals surface area contributed by atoms with E-state index in [1.54, 1.807) is 23.3 Å². The van der Waals surface area contributed by atoms with Crippen LogP contribution < -0.4 is 0 Å². The number of hydrogen-bond acceptors (Lipinski definition) is 4. The van der Waals surface area contributed by atoms with Crippen molar-refractivity contribution in [3.05, 3.63) is 30.4 Å². The lowest BCUT2D eigenvalue weighted by Crippen LogP contribution is -2.05. The Morgan fingerprint density at radius 2 is 2.12 bits per heavy atom. The van der Waals surface area contributed by atoms with Crippen LogP contribution in [-0.2, 0) is 6.73 Å². The molecule has 84 valence electrons. The quantitative estimate of drug-likeness (QED) is 0.846. The zero-order valence-electron chi connectivity index (χ0n) is 9.33. The first-order valence-electron chi connectivity index (χ1n) is 5.17. The third-order valence-corrected chi connectivity index (χ3v) is 2.36. The molecule has 0 amide bonds. The number of aromatic nitrogens is 4. The monoisotopic (exact) mass is 218 g/mol. The van der Waals surface area contributed by atoms with Crippen molar-refractivity contribution in [3.8, 4) is 11.4 Å². The molecule has 5 heteroatoms. The first kappa shape index (κ1) is 10.8. The van der Waals surface area contributed by atoms with Crippen molar-refractivity contribution < 1.29 is 5.11 Å². The number of hydrogen-bond donors (Lipinski definition) is 1. The second-order valence-corrected chi connectivity index (χ2v) is 3.84. The molecule has 0 saturated heterocycles. The van der Waals surface area contributed by atoms with Gasteiger partial charge in [-0.15, -0.1) is 0 Å². The second kappa shape index (κ2) is 4.40. The summed E-state index contributed by atoms with van der Waals surface area (Å²) >= 11 is 0. The van der Waals surface area contributed by atoms with Crippen LogP contribution in [0.2, 0.25) is 0 Å². The van der Waals surface area contributed by atoms with Gasteiger partial charge in [-0.2, -0.15) is 5.10 Å². The second-order valence-electron chi connectivity index (χ2n) is 3.84. The molecule has 0 aliphatic carbocycles. The van der Waals surface area contributed by atoms with Gasteiger partial charge in [0.05, 0.1) is 6.20 Å². The Labute approximate surface area is 93.8 Å². The van der Waals surface area contributed by atoms with E-state index in [2.05, 4.69) is 28.9 Å². The predicted octanol–water partition coefficient (Wildman–Crippen LogP) is 1.41. The fraction of sp³-hybridized carbons (Fsp3) is 0.364. The van der Waals surface area contributed by atoms with Gasteiger partial charge in [-0.1, -0.05) is 13.8 Å². The van der Waals surface area contributed by atoms with Crippen molar-refractivity contribution in [2.45, 2.75) is 26.5 Å². The van der Waals surface area contributed by atoms with Gasteiger partial charge >= 0.3 is 0 Å². The minimum absolute atomic E-state index is 0.117. The molecule has 0 saturated carbocycles. The first-order chi connectivity index (χ1) is 7.72. The van der Waals surface area contributed by atoms with E-state index in [0.29, 0.717) is 5.92 Å². The van der Waals surface area contributed by atoms with Gasteiger partial charge in [0, 0.05) is 18.1 Å². The fourth-order valence-corrected chi connectivity index (χ4v) is 1.57. The SMILES string of the molecule is CC(C)c1cc(-c2cnccn2)nn1CO. The Morgan fingerprint density at radius 3 is 2.62 bits per heavy atom. The highest BCUT2D eigenvalue weighted by atomic mass is 16.3. The van der Waals surface area contributed by atoms with Gasteiger partial charge in [0.1, 0.15) is 18.1 Å². The van der Waals surface area contributed by atoms with Crippen molar-refractivity contribution in [2.75, 3.05) is 0 Å². The largest absolute Gasteiger partial charge is 0.374 e. The van der Waals surface area contributed by atoms with Crippen LogP contribution in [0.1, 0.15) is 25.5 Å². The molecule has 2 aromatic rings. The van der Waals surface area contributed by atoms with Crippen molar-refractivity contribution in [1.29, 1.82) is 0 Å². The molecule has 0 fully saturated rings. The minimum Gasteiger partial charge on any atom is -0.374 e. The molecule has 0 aliphatic rings. The van der Waals surface area contributed by atoms with E-state index < -0.39 is 0 Å². The summed E-state index contributed by atoms with van der Waals surface area (Å²) in [7, 11) is 0. The van der Waals surface area contributed by atoms with E-state index in [4.69, 9.17) is 0 Å². The molecular weight excluding hydrogens is 204 g/mol. The highest BCUT2D eigenvalue weighted by Gasteiger charge is 2.12. The smallest absolute Gasteiger partial charge is 0.136 e. The van der Waals surface area contributed by atoms with E-state index >= 15 is 0 Å². The van der Waals surface area contributed by atoms with Crippen LogP contribution in [-0.4, -0.2) is 24.9 Å².